The van der Waals surface area contributed by atoms with Gasteiger partial charge < -0.3 is 0 Å². The average molecular weight is 212 g/mol. The predicted molar refractivity (Wildman–Crippen MR) is 63.2 cm³/mol. The number of benzene rings is 1. The molecular formula is C12H12N4. The second kappa shape index (κ2) is 3.27. The van der Waals surface area contributed by atoms with Crippen molar-refractivity contribution >= 4 is 21.9 Å². The van der Waals surface area contributed by atoms with E-state index in [1.54, 1.807) is 6.20 Å². The Bertz CT molecular complexity index is 654. The number of nitrogens with zero attached hydrogens (tertiary/aromatic N) is 4. The van der Waals surface area contributed by atoms with Crippen LogP contribution in [0.25, 0.3) is 21.9 Å². The van der Waals surface area contributed by atoms with Gasteiger partial charge in [-0.15, -0.1) is 5.10 Å². The summed E-state index contributed by atoms with van der Waals surface area (Å²) in [6.45, 7) is 4.20. The van der Waals surface area contributed by atoms with Crippen LogP contribution < -0.4 is 0 Å². The fourth-order valence-electron chi connectivity index (χ4n) is 1.93. The maximum absolute atomic E-state index is 4.37. The molecule has 2 heterocycles. The highest BCUT2D eigenvalue weighted by Crippen LogP contribution is 2.23. The third kappa shape index (κ3) is 1.19. The van der Waals surface area contributed by atoms with Crippen LogP contribution in [0, 0.1) is 0 Å². The molecule has 4 nitrogen and oxygen atoms in total. The second-order valence-electron chi connectivity index (χ2n) is 4.14. The lowest BCUT2D eigenvalue weighted by Crippen LogP contribution is -2.02. The van der Waals surface area contributed by atoms with E-state index < -0.39 is 0 Å². The van der Waals surface area contributed by atoms with Crippen LogP contribution in [0.5, 0.6) is 0 Å². The Morgan fingerprint density at radius 2 is 1.94 bits per heavy atom. The predicted octanol–water partition coefficient (Wildman–Crippen LogP) is 2.56. The van der Waals surface area contributed by atoms with E-state index in [-0.39, 0.29) is 0 Å². The number of para-hydroxylation sites is 1. The van der Waals surface area contributed by atoms with E-state index in [4.69, 9.17) is 0 Å². The van der Waals surface area contributed by atoms with Gasteiger partial charge in [-0.3, -0.25) is 4.98 Å². The summed E-state index contributed by atoms with van der Waals surface area (Å²) < 4.78 is 1.94. The molecule has 0 unspecified atom stereocenters. The van der Waals surface area contributed by atoms with Gasteiger partial charge >= 0.3 is 0 Å². The molecule has 0 spiro atoms. The minimum atomic E-state index is 0.302. The summed E-state index contributed by atoms with van der Waals surface area (Å²) in [5.41, 5.74) is 2.91. The minimum Gasteiger partial charge on any atom is -0.254 e. The molecule has 0 saturated heterocycles. The summed E-state index contributed by atoms with van der Waals surface area (Å²) in [5, 5.41) is 9.42. The summed E-state index contributed by atoms with van der Waals surface area (Å²) >= 11 is 0. The van der Waals surface area contributed by atoms with Crippen LogP contribution in [0.1, 0.15) is 19.9 Å². The lowest BCUT2D eigenvalue weighted by molar-refractivity contribution is 0.531. The Balaban J connectivity index is 2.52. The van der Waals surface area contributed by atoms with Crippen LogP contribution >= 0.6 is 0 Å². The number of hydrogen-bond donors (Lipinski definition) is 0. The molecule has 4 heteroatoms. The summed E-state index contributed by atoms with van der Waals surface area (Å²) in [6, 6.07) is 8.38. The van der Waals surface area contributed by atoms with Crippen molar-refractivity contribution in [1.82, 2.24) is 20.0 Å². The maximum atomic E-state index is 4.37. The largest absolute Gasteiger partial charge is 0.254 e. The molecule has 0 aliphatic heterocycles. The molecule has 1 aromatic carbocycles. The number of pyridine rings is 1. The van der Waals surface area contributed by atoms with Gasteiger partial charge in [-0.25, -0.2) is 4.68 Å². The van der Waals surface area contributed by atoms with E-state index >= 15 is 0 Å². The van der Waals surface area contributed by atoms with Gasteiger partial charge in [-0.1, -0.05) is 23.4 Å². The zero-order valence-corrected chi connectivity index (χ0v) is 9.25. The molecule has 0 saturated carbocycles. The van der Waals surface area contributed by atoms with Gasteiger partial charge in [-0.05, 0) is 19.9 Å². The molecule has 0 N–H and O–H groups in total. The second-order valence-corrected chi connectivity index (χ2v) is 4.14. The van der Waals surface area contributed by atoms with Gasteiger partial charge in [0.2, 0.25) is 0 Å². The van der Waals surface area contributed by atoms with Crippen LogP contribution in [0.4, 0.5) is 0 Å². The van der Waals surface area contributed by atoms with Gasteiger partial charge in [-0.2, -0.15) is 0 Å². The molecule has 0 atom stereocenters. The lowest BCUT2D eigenvalue weighted by Gasteiger charge is -2.06. The van der Waals surface area contributed by atoms with E-state index in [0.29, 0.717) is 6.04 Å². The van der Waals surface area contributed by atoms with Crippen molar-refractivity contribution < 1.29 is 0 Å². The molecule has 0 amide bonds. The maximum Gasteiger partial charge on any atom is 0.132 e. The zero-order valence-electron chi connectivity index (χ0n) is 9.25. The van der Waals surface area contributed by atoms with Crippen molar-refractivity contribution in [2.45, 2.75) is 19.9 Å². The molecule has 80 valence electrons. The Kier molecular flexibility index (Phi) is 1.89. The molecule has 16 heavy (non-hydrogen) atoms. The highest BCUT2D eigenvalue weighted by atomic mass is 15.4. The van der Waals surface area contributed by atoms with Crippen LogP contribution in [0.2, 0.25) is 0 Å². The van der Waals surface area contributed by atoms with Crippen molar-refractivity contribution in [3.8, 4) is 0 Å². The molecule has 3 rings (SSSR count). The molecule has 2 aromatic heterocycles. The van der Waals surface area contributed by atoms with Gasteiger partial charge in [0.25, 0.3) is 0 Å². The number of fused-ring (bicyclic) bond motifs is 3. The van der Waals surface area contributed by atoms with Gasteiger partial charge in [0.1, 0.15) is 5.52 Å². The molecule has 0 radical (unpaired) electrons. The van der Waals surface area contributed by atoms with Gasteiger partial charge in [0, 0.05) is 11.4 Å². The van der Waals surface area contributed by atoms with Crippen molar-refractivity contribution in [2.24, 2.45) is 0 Å². The van der Waals surface area contributed by atoms with E-state index in [1.807, 2.05) is 22.9 Å². The quantitative estimate of drug-likeness (QED) is 0.622. The zero-order chi connectivity index (χ0) is 11.1. The summed E-state index contributed by atoms with van der Waals surface area (Å²) in [4.78, 5) is 4.37. The SMILES string of the molecule is CC(C)n1nnc2cnc3ccccc3c21. The Hall–Kier alpha value is -1.97. The molecule has 0 aliphatic carbocycles. The molecule has 3 aromatic rings. The van der Waals surface area contributed by atoms with Crippen LogP contribution in [-0.4, -0.2) is 20.0 Å². The van der Waals surface area contributed by atoms with E-state index in [2.05, 4.69) is 35.2 Å². The first kappa shape index (κ1) is 9.27. The minimum absolute atomic E-state index is 0.302. The molecule has 0 aliphatic rings. The third-order valence-corrected chi connectivity index (χ3v) is 2.69. The normalized spacial score (nSPS) is 11.7. The highest BCUT2D eigenvalue weighted by molar-refractivity contribution is 6.01. The summed E-state index contributed by atoms with van der Waals surface area (Å²) in [6.07, 6.45) is 1.78. The average Bonchev–Trinajstić information content (AvgIpc) is 2.73. The van der Waals surface area contributed by atoms with Crippen LogP contribution in [0.3, 0.4) is 0 Å². The van der Waals surface area contributed by atoms with Crippen LogP contribution in [-0.2, 0) is 0 Å². The van der Waals surface area contributed by atoms with Crippen LogP contribution in [0.15, 0.2) is 30.5 Å². The molecule has 0 fully saturated rings. The first-order valence-corrected chi connectivity index (χ1v) is 5.36. The van der Waals surface area contributed by atoms with Crippen molar-refractivity contribution in [3.05, 3.63) is 30.5 Å². The van der Waals surface area contributed by atoms with Gasteiger partial charge in [0.15, 0.2) is 0 Å². The van der Waals surface area contributed by atoms with E-state index in [1.165, 1.54) is 0 Å². The Morgan fingerprint density at radius 3 is 2.75 bits per heavy atom. The number of rotatable bonds is 1. The number of aromatic nitrogens is 4. The monoisotopic (exact) mass is 212 g/mol. The van der Waals surface area contributed by atoms with E-state index in [9.17, 15) is 0 Å². The molecule has 0 bridgehead atoms. The third-order valence-electron chi connectivity index (χ3n) is 2.69. The summed E-state index contributed by atoms with van der Waals surface area (Å²) in [7, 11) is 0. The first-order chi connectivity index (χ1) is 7.77. The topological polar surface area (TPSA) is 43.6 Å². The Labute approximate surface area is 92.9 Å². The fourth-order valence-corrected chi connectivity index (χ4v) is 1.93. The smallest absolute Gasteiger partial charge is 0.132 e. The standard InChI is InChI=1S/C12H12N4/c1-8(2)16-12-9-5-3-4-6-10(9)13-7-11(12)14-15-16/h3-8H,1-2H3. The lowest BCUT2D eigenvalue weighted by atomic mass is 10.2. The first-order valence-electron chi connectivity index (χ1n) is 5.36. The fraction of sp³-hybridized carbons (Fsp3) is 0.250. The highest BCUT2D eigenvalue weighted by Gasteiger charge is 2.10. The summed E-state index contributed by atoms with van der Waals surface area (Å²) in [5.74, 6) is 0. The molecular weight excluding hydrogens is 200 g/mol. The van der Waals surface area contributed by atoms with Crippen molar-refractivity contribution in [1.29, 1.82) is 0 Å². The van der Waals surface area contributed by atoms with E-state index in [0.717, 1.165) is 21.9 Å². The van der Waals surface area contributed by atoms with Crippen molar-refractivity contribution in [3.63, 3.8) is 0 Å². The van der Waals surface area contributed by atoms with Crippen molar-refractivity contribution in [2.75, 3.05) is 0 Å². The van der Waals surface area contributed by atoms with Gasteiger partial charge in [0.05, 0.1) is 17.2 Å². The Morgan fingerprint density at radius 1 is 1.12 bits per heavy atom. The number of hydrogen-bond acceptors (Lipinski definition) is 3.